The summed E-state index contributed by atoms with van der Waals surface area (Å²) in [5, 5.41) is 7.09. The first-order valence-corrected chi connectivity index (χ1v) is 4.99. The third-order valence-corrected chi connectivity index (χ3v) is 2.67. The summed E-state index contributed by atoms with van der Waals surface area (Å²) in [6, 6.07) is 4.19. The maximum atomic E-state index is 7.09. The summed E-state index contributed by atoms with van der Waals surface area (Å²) < 4.78 is 0. The second kappa shape index (κ2) is 4.77. The Morgan fingerprint density at radius 1 is 1.46 bits per heavy atom. The van der Waals surface area contributed by atoms with E-state index in [0.29, 0.717) is 0 Å². The zero-order valence-electron chi connectivity index (χ0n) is 7.87. The minimum atomic E-state index is 0.936. The first-order chi connectivity index (χ1) is 6.26. The largest absolute Gasteiger partial charge is 0.308 e. The van der Waals surface area contributed by atoms with Crippen molar-refractivity contribution >= 4 is 23.6 Å². The van der Waals surface area contributed by atoms with Gasteiger partial charge in [-0.3, -0.25) is 0 Å². The zero-order valence-corrected chi connectivity index (χ0v) is 8.69. The average molecular weight is 191 g/mol. The Bertz CT molecular complexity index is 345. The lowest BCUT2D eigenvalue weighted by Gasteiger charge is -1.87. The van der Waals surface area contributed by atoms with E-state index in [-0.39, 0.29) is 0 Å². The SMILES string of the molecule is C/C=C(C=N)/C=C/c1ccc(C)s1. The van der Waals surface area contributed by atoms with Gasteiger partial charge in [-0.15, -0.1) is 11.3 Å². The second-order valence-electron chi connectivity index (χ2n) is 2.71. The van der Waals surface area contributed by atoms with Gasteiger partial charge < -0.3 is 5.41 Å². The number of hydrogen-bond acceptors (Lipinski definition) is 2. The molecule has 0 unspecified atom stereocenters. The van der Waals surface area contributed by atoms with E-state index < -0.39 is 0 Å². The summed E-state index contributed by atoms with van der Waals surface area (Å²) in [7, 11) is 0. The van der Waals surface area contributed by atoms with Crippen LogP contribution >= 0.6 is 11.3 Å². The van der Waals surface area contributed by atoms with Crippen LogP contribution in [0, 0.1) is 12.3 Å². The van der Waals surface area contributed by atoms with E-state index in [9.17, 15) is 0 Å². The maximum absolute atomic E-state index is 7.09. The molecule has 0 bridgehead atoms. The van der Waals surface area contributed by atoms with Gasteiger partial charge in [0.1, 0.15) is 0 Å². The molecule has 2 heteroatoms. The Labute approximate surface area is 82.9 Å². The minimum absolute atomic E-state index is 0.936. The highest BCUT2D eigenvalue weighted by Gasteiger charge is 1.90. The number of hydrogen-bond donors (Lipinski definition) is 1. The van der Waals surface area contributed by atoms with Crippen molar-refractivity contribution in [2.75, 3.05) is 0 Å². The lowest BCUT2D eigenvalue weighted by atomic mass is 10.2. The van der Waals surface area contributed by atoms with Crippen molar-refractivity contribution in [2.24, 2.45) is 0 Å². The molecule has 0 fully saturated rings. The molecule has 0 radical (unpaired) electrons. The maximum Gasteiger partial charge on any atom is 0.0273 e. The minimum Gasteiger partial charge on any atom is -0.308 e. The third kappa shape index (κ3) is 2.99. The van der Waals surface area contributed by atoms with Crippen LogP contribution in [0.25, 0.3) is 6.08 Å². The van der Waals surface area contributed by atoms with Crippen LogP contribution in [0.1, 0.15) is 16.7 Å². The summed E-state index contributed by atoms with van der Waals surface area (Å²) in [4.78, 5) is 2.55. The topological polar surface area (TPSA) is 23.9 Å². The van der Waals surface area contributed by atoms with Gasteiger partial charge in [0, 0.05) is 16.0 Å². The summed E-state index contributed by atoms with van der Waals surface area (Å²) >= 11 is 1.76. The number of thiophene rings is 1. The van der Waals surface area contributed by atoms with Gasteiger partial charge in [0.2, 0.25) is 0 Å². The molecule has 0 aliphatic rings. The highest BCUT2D eigenvalue weighted by atomic mass is 32.1. The third-order valence-electron chi connectivity index (χ3n) is 1.70. The molecule has 1 nitrogen and oxygen atoms in total. The molecule has 0 amide bonds. The molecule has 1 rings (SSSR count). The van der Waals surface area contributed by atoms with Crippen molar-refractivity contribution in [2.45, 2.75) is 13.8 Å². The van der Waals surface area contributed by atoms with Crippen molar-refractivity contribution < 1.29 is 0 Å². The molecule has 0 spiro atoms. The Kier molecular flexibility index (Phi) is 3.65. The Hall–Kier alpha value is -1.15. The van der Waals surface area contributed by atoms with E-state index in [0.717, 1.165) is 5.57 Å². The van der Waals surface area contributed by atoms with Crippen molar-refractivity contribution in [3.8, 4) is 0 Å². The van der Waals surface area contributed by atoms with Crippen LogP contribution in [-0.2, 0) is 0 Å². The van der Waals surface area contributed by atoms with E-state index in [1.54, 1.807) is 11.3 Å². The first kappa shape index (κ1) is 9.93. The van der Waals surface area contributed by atoms with E-state index in [1.807, 2.05) is 25.2 Å². The highest BCUT2D eigenvalue weighted by Crippen LogP contribution is 2.16. The first-order valence-electron chi connectivity index (χ1n) is 4.17. The van der Waals surface area contributed by atoms with Crippen molar-refractivity contribution in [3.05, 3.63) is 39.6 Å². The van der Waals surface area contributed by atoms with Crippen molar-refractivity contribution in [1.82, 2.24) is 0 Å². The Balaban J connectivity index is 2.73. The van der Waals surface area contributed by atoms with Gasteiger partial charge in [-0.1, -0.05) is 12.2 Å². The second-order valence-corrected chi connectivity index (χ2v) is 4.03. The standard InChI is InChI=1S/C11H13NS/c1-3-10(8-12)5-7-11-6-4-9(2)13-11/h3-8,12H,1-2H3/b7-5+,10-3-,12-8?. The van der Waals surface area contributed by atoms with E-state index in [1.165, 1.54) is 16.0 Å². The normalized spacial score (nSPS) is 12.3. The Morgan fingerprint density at radius 3 is 2.69 bits per heavy atom. The molecule has 1 N–H and O–H groups in total. The van der Waals surface area contributed by atoms with Gasteiger partial charge in [-0.05, 0) is 37.6 Å². The molecule has 1 aromatic rings. The highest BCUT2D eigenvalue weighted by molar-refractivity contribution is 7.12. The molecular weight excluding hydrogens is 178 g/mol. The van der Waals surface area contributed by atoms with Crippen LogP contribution in [0.5, 0.6) is 0 Å². The lowest BCUT2D eigenvalue weighted by Crippen LogP contribution is -1.74. The van der Waals surface area contributed by atoms with Crippen LogP contribution in [0.15, 0.2) is 29.9 Å². The quantitative estimate of drug-likeness (QED) is 0.557. The summed E-state index contributed by atoms with van der Waals surface area (Å²) in [6.07, 6.45) is 7.28. The number of nitrogens with one attached hydrogen (secondary N) is 1. The molecule has 68 valence electrons. The molecule has 0 aliphatic carbocycles. The van der Waals surface area contributed by atoms with Crippen LogP contribution in [0.2, 0.25) is 0 Å². The average Bonchev–Trinajstić information content (AvgIpc) is 2.53. The van der Waals surface area contributed by atoms with Crippen LogP contribution in [0.4, 0.5) is 0 Å². The van der Waals surface area contributed by atoms with Gasteiger partial charge in [0.15, 0.2) is 0 Å². The summed E-state index contributed by atoms with van der Waals surface area (Å²) in [6.45, 7) is 4.03. The molecule has 0 saturated carbocycles. The predicted molar refractivity (Wildman–Crippen MR) is 60.6 cm³/mol. The fourth-order valence-corrected chi connectivity index (χ4v) is 1.73. The zero-order chi connectivity index (χ0) is 9.68. The fourth-order valence-electron chi connectivity index (χ4n) is 0.949. The Morgan fingerprint density at radius 2 is 2.23 bits per heavy atom. The van der Waals surface area contributed by atoms with E-state index >= 15 is 0 Å². The number of rotatable bonds is 3. The van der Waals surface area contributed by atoms with Gasteiger partial charge in [0.05, 0.1) is 0 Å². The van der Waals surface area contributed by atoms with Crippen LogP contribution in [0.3, 0.4) is 0 Å². The molecule has 0 aromatic carbocycles. The summed E-state index contributed by atoms with van der Waals surface area (Å²) in [5.41, 5.74) is 0.936. The molecule has 0 saturated heterocycles. The van der Waals surface area contributed by atoms with Gasteiger partial charge >= 0.3 is 0 Å². The van der Waals surface area contributed by atoms with Crippen LogP contribution in [-0.4, -0.2) is 6.21 Å². The van der Waals surface area contributed by atoms with Crippen molar-refractivity contribution in [1.29, 1.82) is 5.41 Å². The van der Waals surface area contributed by atoms with Crippen molar-refractivity contribution in [3.63, 3.8) is 0 Å². The number of allylic oxidation sites excluding steroid dienone is 3. The summed E-state index contributed by atoms with van der Waals surface area (Å²) in [5.74, 6) is 0. The van der Waals surface area contributed by atoms with E-state index in [2.05, 4.69) is 19.1 Å². The molecule has 1 heterocycles. The molecule has 0 aliphatic heterocycles. The molecular formula is C11H13NS. The van der Waals surface area contributed by atoms with Gasteiger partial charge in [0.25, 0.3) is 0 Å². The van der Waals surface area contributed by atoms with Crippen LogP contribution < -0.4 is 0 Å². The van der Waals surface area contributed by atoms with E-state index in [4.69, 9.17) is 5.41 Å². The predicted octanol–water partition coefficient (Wildman–Crippen LogP) is 3.67. The number of aryl methyl sites for hydroxylation is 1. The molecule has 1 aromatic heterocycles. The molecule has 13 heavy (non-hydrogen) atoms. The smallest absolute Gasteiger partial charge is 0.0273 e. The fraction of sp³-hybridized carbons (Fsp3) is 0.182. The molecule has 0 atom stereocenters. The lowest BCUT2D eigenvalue weighted by molar-refractivity contribution is 1.54. The van der Waals surface area contributed by atoms with Gasteiger partial charge in [-0.2, -0.15) is 0 Å². The van der Waals surface area contributed by atoms with Gasteiger partial charge in [-0.25, -0.2) is 0 Å². The monoisotopic (exact) mass is 191 g/mol.